The van der Waals surface area contributed by atoms with Crippen molar-refractivity contribution in [2.45, 2.75) is 77.2 Å². The van der Waals surface area contributed by atoms with Crippen molar-refractivity contribution in [3.05, 3.63) is 34.2 Å². The summed E-state index contributed by atoms with van der Waals surface area (Å²) in [5, 5.41) is 3.37. The van der Waals surface area contributed by atoms with Crippen LogP contribution >= 0.6 is 12.2 Å². The zero-order valence-corrected chi connectivity index (χ0v) is 23.5. The molecule has 13 nitrogen and oxygen atoms in total. The molecule has 218 valence electrons. The number of thiocarbonyl (C=S) groups is 1. The van der Waals surface area contributed by atoms with Crippen molar-refractivity contribution in [2.75, 3.05) is 19.7 Å². The van der Waals surface area contributed by atoms with E-state index in [0.29, 0.717) is 24.7 Å². The Bertz CT molecular complexity index is 1240. The summed E-state index contributed by atoms with van der Waals surface area (Å²) in [4.78, 5) is 62.0. The lowest BCUT2D eigenvalue weighted by Gasteiger charge is -2.47. The Morgan fingerprint density at radius 2 is 1.57 bits per heavy atom. The highest BCUT2D eigenvalue weighted by Crippen LogP contribution is 2.35. The van der Waals surface area contributed by atoms with Crippen LogP contribution in [0.15, 0.2) is 23.0 Å². The minimum atomic E-state index is -1.29. The van der Waals surface area contributed by atoms with Crippen molar-refractivity contribution >= 4 is 41.2 Å². The third-order valence-electron chi connectivity index (χ3n) is 7.02. The van der Waals surface area contributed by atoms with E-state index in [9.17, 15) is 24.0 Å². The van der Waals surface area contributed by atoms with Crippen LogP contribution in [0.3, 0.4) is 0 Å². The number of nitrogens with one attached hydrogen (secondary N) is 1. The summed E-state index contributed by atoms with van der Waals surface area (Å²) < 4.78 is 29.4. The average Bonchev–Trinajstić information content (AvgIpc) is 2.86. The monoisotopic (exact) mass is 579 g/mol. The maximum atomic E-state index is 12.4. The fourth-order valence-electron chi connectivity index (χ4n) is 5.62. The molecule has 14 heteroatoms. The summed E-state index contributed by atoms with van der Waals surface area (Å²) in [6.45, 7) is 6.07. The van der Waals surface area contributed by atoms with E-state index in [-0.39, 0.29) is 24.0 Å². The van der Waals surface area contributed by atoms with Crippen LogP contribution in [0.4, 0.5) is 0 Å². The van der Waals surface area contributed by atoms with Gasteiger partial charge >= 0.3 is 23.9 Å². The number of esters is 4. The number of piperidine rings is 1. The third-order valence-corrected chi connectivity index (χ3v) is 7.40. The average molecular weight is 580 g/mol. The summed E-state index contributed by atoms with van der Waals surface area (Å²) in [5.41, 5.74) is 0.919. The number of pyridine rings is 1. The van der Waals surface area contributed by atoms with Gasteiger partial charge in [0.25, 0.3) is 5.56 Å². The Hall–Kier alpha value is -3.52. The van der Waals surface area contributed by atoms with Gasteiger partial charge < -0.3 is 38.5 Å². The molecule has 4 heterocycles. The van der Waals surface area contributed by atoms with Gasteiger partial charge in [-0.25, -0.2) is 0 Å². The summed E-state index contributed by atoms with van der Waals surface area (Å²) >= 11 is 5.74. The molecule has 40 heavy (non-hydrogen) atoms. The smallest absolute Gasteiger partial charge is 0.303 e. The van der Waals surface area contributed by atoms with Crippen LogP contribution in [0.1, 0.15) is 45.7 Å². The lowest BCUT2D eigenvalue weighted by atomic mass is 9.83. The number of aromatic nitrogens is 1. The molecule has 1 aromatic heterocycles. The fourth-order valence-corrected chi connectivity index (χ4v) is 5.89. The predicted octanol–water partition coefficient (Wildman–Crippen LogP) is 0.225. The van der Waals surface area contributed by atoms with Crippen LogP contribution in [0.2, 0.25) is 0 Å². The van der Waals surface area contributed by atoms with E-state index >= 15 is 0 Å². The van der Waals surface area contributed by atoms with Crippen LogP contribution in [0.5, 0.6) is 0 Å². The van der Waals surface area contributed by atoms with Gasteiger partial charge in [-0.15, -0.1) is 0 Å². The highest BCUT2D eigenvalue weighted by Gasteiger charge is 2.52. The molecule has 2 bridgehead atoms. The molecule has 4 rings (SSSR count). The second-order valence-electron chi connectivity index (χ2n) is 10.2. The normalized spacial score (nSPS) is 28.9. The van der Waals surface area contributed by atoms with Gasteiger partial charge in [0.15, 0.2) is 29.7 Å². The molecule has 0 aliphatic carbocycles. The number of carbonyl (C=O) groups excluding carboxylic acids is 4. The molecule has 1 N–H and O–H groups in total. The molecule has 0 aromatic carbocycles. The number of likely N-dealkylation sites (tertiary alicyclic amines) is 1. The summed E-state index contributed by atoms with van der Waals surface area (Å²) in [6, 6.07) is 5.25. The summed E-state index contributed by atoms with van der Waals surface area (Å²) in [6.07, 6.45) is -5.11. The van der Waals surface area contributed by atoms with E-state index in [4.69, 9.17) is 35.9 Å². The first kappa shape index (κ1) is 29.5. The maximum absolute atomic E-state index is 12.4. The highest BCUT2D eigenvalue weighted by molar-refractivity contribution is 7.80. The number of carbonyl (C=O) groups is 4. The molecule has 3 aliphatic rings. The lowest BCUT2D eigenvalue weighted by Crippen LogP contribution is -2.67. The molecule has 0 unspecified atom stereocenters. The first-order chi connectivity index (χ1) is 18.9. The van der Waals surface area contributed by atoms with E-state index in [0.717, 1.165) is 26.0 Å². The standard InChI is InChI=1S/C26H33N3O10S/c1-13(30)35-12-20-22(36-14(2)31)23(37-15(3)32)24(38-16(4)33)25(39-20)27-26(40)28-9-17-8-18(11-28)19-6-5-7-21(34)29(19)10-17/h5-7,17-18,20,22-25H,8-12H2,1-4H3,(H,27,40)/t17-,18+,20+,22-,23+,24-,25-/m1/s1. The maximum Gasteiger partial charge on any atom is 0.303 e. The van der Waals surface area contributed by atoms with Crippen LogP contribution in [0.25, 0.3) is 0 Å². The second-order valence-corrected chi connectivity index (χ2v) is 10.6. The Balaban J connectivity index is 1.59. The SMILES string of the molecule is CC(=O)OC[C@@H]1O[C@@H](NC(=S)N2C[C@H]3C[C@@H](C2)c2cccc(=O)n2C3)[C@H](OC(C)=O)[C@@H](OC(C)=O)[C@@H]1OC(C)=O. The number of ether oxygens (including phenoxy) is 5. The zero-order valence-electron chi connectivity index (χ0n) is 22.7. The van der Waals surface area contributed by atoms with E-state index in [2.05, 4.69) is 5.32 Å². The van der Waals surface area contributed by atoms with Gasteiger partial charge in [0.05, 0.1) is 0 Å². The largest absolute Gasteiger partial charge is 0.463 e. The van der Waals surface area contributed by atoms with E-state index in [1.54, 1.807) is 12.1 Å². The van der Waals surface area contributed by atoms with Crippen LogP contribution in [-0.2, 0) is 49.4 Å². The molecule has 0 radical (unpaired) electrons. The Labute approximate surface area is 236 Å². The van der Waals surface area contributed by atoms with Crippen molar-refractivity contribution in [1.82, 2.24) is 14.8 Å². The van der Waals surface area contributed by atoms with Crippen molar-refractivity contribution in [2.24, 2.45) is 5.92 Å². The van der Waals surface area contributed by atoms with Crippen LogP contribution < -0.4 is 10.9 Å². The van der Waals surface area contributed by atoms with E-state index < -0.39 is 54.5 Å². The Morgan fingerprint density at radius 3 is 2.23 bits per heavy atom. The molecule has 0 amide bonds. The lowest BCUT2D eigenvalue weighted by molar-refractivity contribution is -0.255. The molecular weight excluding hydrogens is 546 g/mol. The molecule has 7 atom stereocenters. The molecule has 0 saturated carbocycles. The quantitative estimate of drug-likeness (QED) is 0.278. The van der Waals surface area contributed by atoms with Crippen molar-refractivity contribution in [3.8, 4) is 0 Å². The van der Waals surface area contributed by atoms with E-state index in [1.165, 1.54) is 13.8 Å². The molecule has 3 aliphatic heterocycles. The summed E-state index contributed by atoms with van der Waals surface area (Å²) in [5.74, 6) is -2.46. The van der Waals surface area contributed by atoms with Crippen LogP contribution in [-0.4, -0.2) is 88.8 Å². The number of fused-ring (bicyclic) bond motifs is 4. The Morgan fingerprint density at radius 1 is 0.925 bits per heavy atom. The first-order valence-corrected chi connectivity index (χ1v) is 13.4. The third kappa shape index (κ3) is 6.78. The number of rotatable bonds is 6. The molecule has 2 fully saturated rings. The minimum absolute atomic E-state index is 0.0288. The van der Waals surface area contributed by atoms with Crippen LogP contribution in [0, 0.1) is 5.92 Å². The topological polar surface area (TPSA) is 152 Å². The molecular formula is C26H33N3O10S. The fraction of sp³-hybridized carbons (Fsp3) is 0.615. The predicted molar refractivity (Wildman–Crippen MR) is 141 cm³/mol. The molecule has 1 aromatic rings. The zero-order chi connectivity index (χ0) is 29.1. The number of nitrogens with zero attached hydrogens (tertiary/aromatic N) is 2. The van der Waals surface area contributed by atoms with Gasteiger partial charge in [0.2, 0.25) is 0 Å². The molecule has 0 spiro atoms. The number of hydrogen-bond donors (Lipinski definition) is 1. The van der Waals surface area contributed by atoms with Gasteiger partial charge in [0, 0.05) is 65.0 Å². The highest BCUT2D eigenvalue weighted by atomic mass is 32.1. The Kier molecular flexibility index (Phi) is 9.08. The first-order valence-electron chi connectivity index (χ1n) is 13.0. The van der Waals surface area contributed by atoms with Gasteiger partial charge in [-0.05, 0) is 30.6 Å². The van der Waals surface area contributed by atoms with Crippen molar-refractivity contribution in [3.63, 3.8) is 0 Å². The van der Waals surface area contributed by atoms with Crippen molar-refractivity contribution < 1.29 is 42.9 Å². The van der Waals surface area contributed by atoms with Gasteiger partial charge in [-0.3, -0.25) is 24.0 Å². The molecule has 2 saturated heterocycles. The van der Waals surface area contributed by atoms with Gasteiger partial charge in [-0.1, -0.05) is 6.07 Å². The van der Waals surface area contributed by atoms with E-state index in [1.807, 2.05) is 15.5 Å². The summed E-state index contributed by atoms with van der Waals surface area (Å²) in [7, 11) is 0. The van der Waals surface area contributed by atoms with Gasteiger partial charge in [-0.2, -0.15) is 0 Å². The number of hydrogen-bond acceptors (Lipinski definition) is 11. The minimum Gasteiger partial charge on any atom is -0.463 e. The second kappa shape index (κ2) is 12.3. The van der Waals surface area contributed by atoms with Gasteiger partial charge in [0.1, 0.15) is 12.7 Å². The van der Waals surface area contributed by atoms with Crippen molar-refractivity contribution in [1.29, 1.82) is 0 Å².